The molecule has 4 radical (unpaired) electrons. The summed E-state index contributed by atoms with van der Waals surface area (Å²) in [6.45, 7) is 19.3. The zero-order chi connectivity index (χ0) is 41.7. The molecule has 0 saturated heterocycles. The Balaban J connectivity index is -0.0000000854. The van der Waals surface area contributed by atoms with Crippen LogP contribution < -0.4 is 0 Å². The van der Waals surface area contributed by atoms with Gasteiger partial charge in [-0.05, 0) is 40.0 Å². The Morgan fingerprint density at radius 1 is 0.566 bits per heavy atom. The molecule has 10 N–H and O–H groups in total. The fraction of sp³-hybridized carbons (Fsp3) is 0.679. The van der Waals surface area contributed by atoms with Gasteiger partial charge in [0.15, 0.2) is 0 Å². The van der Waals surface area contributed by atoms with Crippen molar-refractivity contribution in [1.29, 1.82) is 0 Å². The summed E-state index contributed by atoms with van der Waals surface area (Å²) in [5.41, 5.74) is 1.02. The second-order valence-electron chi connectivity index (χ2n) is 9.65. The lowest BCUT2D eigenvalue weighted by molar-refractivity contribution is -0.139. The van der Waals surface area contributed by atoms with Crippen LogP contribution in [0.4, 0.5) is 0 Å². The summed E-state index contributed by atoms with van der Waals surface area (Å²) in [5, 5.41) is 7.00. The van der Waals surface area contributed by atoms with Crippen molar-refractivity contribution < 1.29 is 86.3 Å². The van der Waals surface area contributed by atoms with E-state index in [1.165, 1.54) is 14.0 Å². The van der Waals surface area contributed by atoms with E-state index in [1.54, 1.807) is 35.2 Å². The van der Waals surface area contributed by atoms with Crippen LogP contribution in [0.25, 0.3) is 0 Å². The molecule has 0 aliphatic carbocycles. The Labute approximate surface area is 325 Å². The smallest absolute Gasteiger partial charge is 0.462 e. The number of ether oxygens (including phenoxy) is 3. The van der Waals surface area contributed by atoms with Crippen molar-refractivity contribution in [2.75, 3.05) is 68.7 Å². The van der Waals surface area contributed by atoms with E-state index < -0.39 is 38.4 Å². The van der Waals surface area contributed by atoms with E-state index in [-0.39, 0.29) is 48.6 Å². The first-order chi connectivity index (χ1) is 23.6. The van der Waals surface area contributed by atoms with Gasteiger partial charge >= 0.3 is 44.3 Å². The van der Waals surface area contributed by atoms with Crippen LogP contribution in [0.2, 0.25) is 18.1 Å². The third-order valence-electron chi connectivity index (χ3n) is 4.94. The molecule has 0 aromatic heterocycles. The highest BCUT2D eigenvalue weighted by atomic mass is 31.1. The standard InChI is InChI=1S/C10H20O5Si.C8H16O5Si.C7H14O5Si.2CH4BP.CH4O.2H2O/c1-9(2)10(11)15-7-6-8-16(12-3,13-4)14-5;1-7(2)8(9)13-5-4-6-14(10,11)12-3;1-6(2)7(8)12-4-3-5-13(9,10)11;2*1-3-2;1-2;;/h1,6-8H2,2-5H3;10-11H,1,4-6H2,2-3H3;9-11H,1,3-5H2,2H3;2*3H,1H3;2H,1H3;2*1H2. The molecule has 0 fully saturated rings. The van der Waals surface area contributed by atoms with Crippen molar-refractivity contribution in [3.63, 3.8) is 0 Å². The van der Waals surface area contributed by atoms with E-state index in [0.717, 1.165) is 7.11 Å². The number of rotatable bonds is 19. The molecule has 2 atom stereocenters. The van der Waals surface area contributed by atoms with Gasteiger partial charge in [0.1, 0.15) is 15.1 Å². The van der Waals surface area contributed by atoms with Gasteiger partial charge in [-0.1, -0.05) is 33.1 Å². The number of aliphatic hydroxyl groups is 1. The van der Waals surface area contributed by atoms with Gasteiger partial charge in [-0.15, -0.1) is 0 Å². The molecule has 0 heterocycles. The van der Waals surface area contributed by atoms with Gasteiger partial charge in [0, 0.05) is 70.4 Å². The van der Waals surface area contributed by atoms with Crippen molar-refractivity contribution in [1.82, 2.24) is 0 Å². The first-order valence-corrected chi connectivity index (χ1v) is 24.2. The molecule has 0 aromatic carbocycles. The summed E-state index contributed by atoms with van der Waals surface area (Å²) in [6, 6.07) is 0.601. The first kappa shape index (κ1) is 69.7. The summed E-state index contributed by atoms with van der Waals surface area (Å²) in [7, 11) is 7.83. The zero-order valence-corrected chi connectivity index (χ0v) is 37.9. The fourth-order valence-electron chi connectivity index (χ4n) is 2.42. The Hall–Kier alpha value is -1.21. The lowest BCUT2D eigenvalue weighted by Gasteiger charge is -2.24. The number of carbonyl (C=O) groups excluding carboxylic acids is 3. The SMILES string of the molecule is C=C(C)C(=O)OCCC[Si](O)(O)O.C=C(C)C(=O)OCCC[Si](O)(O)OC.C=C(C)C(=O)OCCC[Si](OC)(OC)OC.CO.O.O.[B]PC.[B]PC. The molecular weight excluding hydrogens is 792 g/mol. The highest BCUT2D eigenvalue weighted by Crippen LogP contribution is 2.15. The molecule has 314 valence electrons. The van der Waals surface area contributed by atoms with E-state index in [9.17, 15) is 14.4 Å². The van der Waals surface area contributed by atoms with Crippen LogP contribution in [-0.2, 0) is 46.3 Å². The second-order valence-corrected chi connectivity index (χ2v) is 18.3. The Bertz CT molecular complexity index is 920. The molecule has 53 heavy (non-hydrogen) atoms. The van der Waals surface area contributed by atoms with Gasteiger partial charge in [0.2, 0.25) is 0 Å². The summed E-state index contributed by atoms with van der Waals surface area (Å²) in [5.74, 6) is -1.36. The quantitative estimate of drug-likeness (QED) is 0.0240. The average Bonchev–Trinajstić information content (AvgIpc) is 3.07. The third-order valence-corrected chi connectivity index (χ3v) is 10.5. The lowest BCUT2D eigenvalue weighted by atomic mass is 10.4. The first-order valence-electron chi connectivity index (χ1n) is 15.1. The maximum absolute atomic E-state index is 11.1. The van der Waals surface area contributed by atoms with E-state index in [2.05, 4.69) is 28.9 Å². The summed E-state index contributed by atoms with van der Waals surface area (Å²) in [4.78, 5) is 76.7. The van der Waals surface area contributed by atoms with Crippen LogP contribution in [0.1, 0.15) is 40.0 Å². The van der Waals surface area contributed by atoms with Gasteiger partial charge in [-0.3, -0.25) is 0 Å². The highest BCUT2D eigenvalue weighted by Gasteiger charge is 2.37. The zero-order valence-electron chi connectivity index (χ0n) is 32.9. The van der Waals surface area contributed by atoms with Crippen LogP contribution in [0.5, 0.6) is 0 Å². The molecule has 25 heteroatoms. The van der Waals surface area contributed by atoms with Crippen LogP contribution in [0, 0.1) is 0 Å². The van der Waals surface area contributed by atoms with Gasteiger partial charge in [0.25, 0.3) is 0 Å². The van der Waals surface area contributed by atoms with Gasteiger partial charge in [-0.25, -0.2) is 14.4 Å². The van der Waals surface area contributed by atoms with E-state index in [0.29, 0.717) is 59.1 Å². The molecule has 0 rings (SSSR count). The van der Waals surface area contributed by atoms with E-state index in [1.807, 2.05) is 13.3 Å². The maximum Gasteiger partial charge on any atom is 0.500 e. The van der Waals surface area contributed by atoms with Crippen molar-refractivity contribution in [3.8, 4) is 0 Å². The molecule has 0 bridgehead atoms. The topological polar surface area (TPSA) is 300 Å². The Kier molecular flexibility index (Phi) is 59.4. The average molecular weight is 859 g/mol. The summed E-state index contributed by atoms with van der Waals surface area (Å²) >= 11 is 0. The highest BCUT2D eigenvalue weighted by molar-refractivity contribution is 7.65. The van der Waals surface area contributed by atoms with Crippen molar-refractivity contribution in [2.24, 2.45) is 0 Å². The minimum absolute atomic E-state index is 0. The minimum Gasteiger partial charge on any atom is -0.462 e. The number of esters is 3. The van der Waals surface area contributed by atoms with Crippen LogP contribution in [0.15, 0.2) is 36.5 Å². The van der Waals surface area contributed by atoms with Crippen LogP contribution in [0.3, 0.4) is 0 Å². The van der Waals surface area contributed by atoms with Gasteiger partial charge < -0.3 is 72.0 Å². The summed E-state index contributed by atoms with van der Waals surface area (Å²) < 4.78 is 34.5. The van der Waals surface area contributed by atoms with Crippen LogP contribution in [-0.4, -0.2) is 168 Å². The predicted octanol–water partition coefficient (Wildman–Crippen LogP) is -0.433. The number of aliphatic hydroxyl groups excluding tert-OH is 1. The largest absolute Gasteiger partial charge is 0.500 e. The molecule has 0 aromatic rings. The van der Waals surface area contributed by atoms with Crippen molar-refractivity contribution >= 4 is 76.4 Å². The second kappa shape index (κ2) is 45.2. The number of hydrogen-bond donors (Lipinski definition) is 6. The normalized spacial score (nSPS) is 10.3. The molecule has 0 aliphatic rings. The van der Waals surface area contributed by atoms with E-state index >= 15 is 0 Å². The molecule has 0 aliphatic heterocycles. The number of hydrogen-bond acceptors (Lipinski definition) is 16. The molecule has 0 saturated carbocycles. The van der Waals surface area contributed by atoms with Crippen LogP contribution >= 0.6 is 16.9 Å². The van der Waals surface area contributed by atoms with E-state index in [4.69, 9.17) is 67.0 Å². The monoisotopic (exact) mass is 858 g/mol. The molecule has 0 amide bonds. The lowest BCUT2D eigenvalue weighted by Crippen LogP contribution is -2.42. The molecule has 18 nitrogen and oxygen atoms in total. The minimum atomic E-state index is -3.97. The van der Waals surface area contributed by atoms with Gasteiger partial charge in [0.05, 0.1) is 19.8 Å². The third kappa shape index (κ3) is 55.2. The molecule has 2 unspecified atom stereocenters. The molecule has 0 spiro atoms. The summed E-state index contributed by atoms with van der Waals surface area (Å²) in [6.07, 6.45) is 1.24. The fourth-order valence-corrected chi connectivity index (χ4v) is 5.54. The Morgan fingerprint density at radius 3 is 1.02 bits per heavy atom. The van der Waals surface area contributed by atoms with Crippen molar-refractivity contribution in [3.05, 3.63) is 36.5 Å². The van der Waals surface area contributed by atoms with Gasteiger partial charge in [-0.2, -0.15) is 16.9 Å². The maximum atomic E-state index is 11.1. The number of carbonyl (C=O) groups is 3. The Morgan fingerprint density at radius 2 is 0.811 bits per heavy atom. The molecular formula is C28H66B2O18P2Si3. The predicted molar refractivity (Wildman–Crippen MR) is 217 cm³/mol. The van der Waals surface area contributed by atoms with Crippen molar-refractivity contribution in [2.45, 2.75) is 58.2 Å².